The molecule has 1 heterocycles. The van der Waals surface area contributed by atoms with Gasteiger partial charge in [0, 0.05) is 18.7 Å². The van der Waals surface area contributed by atoms with Crippen LogP contribution in [0.3, 0.4) is 0 Å². The number of sulfonamides is 1. The summed E-state index contributed by atoms with van der Waals surface area (Å²) in [5.41, 5.74) is 5.68. The predicted molar refractivity (Wildman–Crippen MR) is 74.1 cm³/mol. The average molecular weight is 316 g/mol. The van der Waals surface area contributed by atoms with E-state index in [1.54, 1.807) is 25.1 Å². The Morgan fingerprint density at radius 1 is 1.35 bits per heavy atom. The van der Waals surface area contributed by atoms with Crippen molar-refractivity contribution < 1.29 is 12.8 Å². The summed E-state index contributed by atoms with van der Waals surface area (Å²) in [7, 11) is -2.49. The highest BCUT2D eigenvalue weighted by atomic mass is 32.2. The van der Waals surface area contributed by atoms with Gasteiger partial charge in [0.2, 0.25) is 9.47 Å². The number of benzene rings is 1. The van der Waals surface area contributed by atoms with Gasteiger partial charge in [0.1, 0.15) is 5.82 Å². The van der Waals surface area contributed by atoms with Crippen molar-refractivity contribution in [3.8, 4) is 0 Å². The lowest BCUT2D eigenvalue weighted by atomic mass is 10.1. The summed E-state index contributed by atoms with van der Waals surface area (Å²) in [5, 5.41) is 7.07. The molecule has 0 bridgehead atoms. The zero-order chi connectivity index (χ0) is 14.9. The molecule has 0 aliphatic rings. The third-order valence-electron chi connectivity index (χ3n) is 2.92. The second-order valence-corrected chi connectivity index (χ2v) is 7.31. The molecule has 9 heteroatoms. The van der Waals surface area contributed by atoms with E-state index >= 15 is 0 Å². The third kappa shape index (κ3) is 2.65. The normalized spacial score (nSPS) is 13.6. The molecule has 0 radical (unpaired) electrons. The maximum absolute atomic E-state index is 13.7. The van der Waals surface area contributed by atoms with Crippen LogP contribution < -0.4 is 5.73 Å². The zero-order valence-corrected chi connectivity index (χ0v) is 12.4. The second kappa shape index (κ2) is 5.43. The molecular formula is C11H13FN4O2S2. The predicted octanol–water partition coefficient (Wildman–Crippen LogP) is 1.64. The number of halogens is 1. The van der Waals surface area contributed by atoms with E-state index in [0.29, 0.717) is 0 Å². The fourth-order valence-corrected chi connectivity index (χ4v) is 3.96. The number of hydrogen-bond donors (Lipinski definition) is 1. The van der Waals surface area contributed by atoms with Gasteiger partial charge in [-0.2, -0.15) is 4.31 Å². The van der Waals surface area contributed by atoms with Gasteiger partial charge in [0.05, 0.1) is 0 Å². The van der Waals surface area contributed by atoms with Crippen LogP contribution in [0.5, 0.6) is 0 Å². The van der Waals surface area contributed by atoms with Gasteiger partial charge in [-0.1, -0.05) is 29.5 Å². The molecule has 0 spiro atoms. The van der Waals surface area contributed by atoms with E-state index in [4.69, 9.17) is 5.73 Å². The highest BCUT2D eigenvalue weighted by molar-refractivity contribution is 7.91. The molecule has 1 aromatic heterocycles. The minimum absolute atomic E-state index is 0.0653. The molecule has 2 N–H and O–H groups in total. The molecule has 0 aliphatic heterocycles. The molecule has 2 rings (SSSR count). The van der Waals surface area contributed by atoms with Crippen LogP contribution in [-0.4, -0.2) is 30.0 Å². The fraction of sp³-hybridized carbons (Fsp3) is 0.273. The smallest absolute Gasteiger partial charge is 0.272 e. The first-order valence-electron chi connectivity index (χ1n) is 5.65. The van der Waals surface area contributed by atoms with Gasteiger partial charge in [-0.05, 0) is 13.0 Å². The molecule has 1 atom stereocenters. The number of hydrogen-bond acceptors (Lipinski definition) is 6. The van der Waals surface area contributed by atoms with Gasteiger partial charge >= 0.3 is 0 Å². The minimum Gasteiger partial charge on any atom is -0.374 e. The Kier molecular flexibility index (Phi) is 4.02. The van der Waals surface area contributed by atoms with Crippen LogP contribution in [0, 0.1) is 5.82 Å². The van der Waals surface area contributed by atoms with Crippen LogP contribution in [0.25, 0.3) is 0 Å². The summed E-state index contributed by atoms with van der Waals surface area (Å²) >= 11 is 0.772. The van der Waals surface area contributed by atoms with Gasteiger partial charge in [-0.3, -0.25) is 0 Å². The summed E-state index contributed by atoms with van der Waals surface area (Å²) in [5.74, 6) is -0.459. The van der Waals surface area contributed by atoms with Crippen LogP contribution in [-0.2, 0) is 10.0 Å². The van der Waals surface area contributed by atoms with E-state index in [1.165, 1.54) is 13.1 Å². The zero-order valence-electron chi connectivity index (χ0n) is 10.8. The maximum atomic E-state index is 13.7. The van der Waals surface area contributed by atoms with Crippen LogP contribution >= 0.6 is 11.3 Å². The minimum atomic E-state index is -3.85. The highest BCUT2D eigenvalue weighted by Crippen LogP contribution is 2.28. The van der Waals surface area contributed by atoms with E-state index in [0.717, 1.165) is 15.6 Å². The first-order chi connectivity index (χ1) is 9.34. The summed E-state index contributed by atoms with van der Waals surface area (Å²) in [6.07, 6.45) is 0. The second-order valence-electron chi connectivity index (χ2n) is 4.12. The Hall–Kier alpha value is -1.58. The SMILES string of the molecule is CC(c1ccccc1F)N(C)S(=O)(=O)c1nnc(N)s1. The quantitative estimate of drug-likeness (QED) is 0.926. The summed E-state index contributed by atoms with van der Waals surface area (Å²) in [6, 6.07) is 5.35. The molecule has 108 valence electrons. The molecule has 0 saturated carbocycles. The Morgan fingerprint density at radius 3 is 2.55 bits per heavy atom. The third-order valence-corrected chi connectivity index (χ3v) is 5.95. The number of aromatic nitrogens is 2. The van der Waals surface area contributed by atoms with Crippen molar-refractivity contribution in [2.45, 2.75) is 17.3 Å². The molecule has 1 aromatic carbocycles. The Balaban J connectivity index is 2.36. The van der Waals surface area contributed by atoms with Crippen molar-refractivity contribution in [1.29, 1.82) is 0 Å². The van der Waals surface area contributed by atoms with Crippen LogP contribution in [0.1, 0.15) is 18.5 Å². The molecule has 0 aliphatic carbocycles. The van der Waals surface area contributed by atoms with Gasteiger partial charge in [-0.25, -0.2) is 12.8 Å². The number of rotatable bonds is 4. The van der Waals surface area contributed by atoms with Gasteiger partial charge < -0.3 is 5.73 Å². The van der Waals surface area contributed by atoms with E-state index in [-0.39, 0.29) is 15.0 Å². The maximum Gasteiger partial charge on any atom is 0.272 e. The average Bonchev–Trinajstić information content (AvgIpc) is 2.85. The van der Waals surface area contributed by atoms with E-state index in [1.807, 2.05) is 0 Å². The lowest BCUT2D eigenvalue weighted by Gasteiger charge is -2.23. The number of anilines is 1. The fourth-order valence-electron chi connectivity index (χ4n) is 1.67. The highest BCUT2D eigenvalue weighted by Gasteiger charge is 2.30. The molecule has 0 amide bonds. The first kappa shape index (κ1) is 14.8. The van der Waals surface area contributed by atoms with Gasteiger partial charge in [-0.15, -0.1) is 10.2 Å². The molecule has 20 heavy (non-hydrogen) atoms. The topological polar surface area (TPSA) is 89.2 Å². The molecule has 6 nitrogen and oxygen atoms in total. The lowest BCUT2D eigenvalue weighted by Crippen LogP contribution is -2.30. The standard InChI is InChI=1S/C11H13FN4O2S2/c1-7(8-5-3-4-6-9(8)12)16(2)20(17,18)11-15-14-10(13)19-11/h3-7H,1-2H3,(H2,13,14). The van der Waals surface area contributed by atoms with E-state index in [2.05, 4.69) is 10.2 Å². The van der Waals surface area contributed by atoms with E-state index < -0.39 is 21.9 Å². The number of nitrogen functional groups attached to an aromatic ring is 1. The molecular weight excluding hydrogens is 303 g/mol. The van der Waals surface area contributed by atoms with Gasteiger partial charge in [0.25, 0.3) is 10.0 Å². The largest absolute Gasteiger partial charge is 0.374 e. The molecule has 2 aromatic rings. The van der Waals surface area contributed by atoms with Gasteiger partial charge in [0.15, 0.2) is 0 Å². The van der Waals surface area contributed by atoms with Crippen LogP contribution in [0.15, 0.2) is 28.6 Å². The number of nitrogens with two attached hydrogens (primary N) is 1. The Morgan fingerprint density at radius 2 is 2.00 bits per heavy atom. The summed E-state index contributed by atoms with van der Waals surface area (Å²) in [6.45, 7) is 1.60. The van der Waals surface area contributed by atoms with Crippen LogP contribution in [0.4, 0.5) is 9.52 Å². The monoisotopic (exact) mass is 316 g/mol. The summed E-state index contributed by atoms with van der Waals surface area (Å²) < 4.78 is 39.2. The lowest BCUT2D eigenvalue weighted by molar-refractivity contribution is 0.387. The number of nitrogens with zero attached hydrogens (tertiary/aromatic N) is 3. The molecule has 0 fully saturated rings. The van der Waals surface area contributed by atoms with Crippen molar-refractivity contribution in [3.63, 3.8) is 0 Å². The van der Waals surface area contributed by atoms with Crippen LogP contribution in [0.2, 0.25) is 0 Å². The van der Waals surface area contributed by atoms with Crippen molar-refractivity contribution in [1.82, 2.24) is 14.5 Å². The Labute approximate surface area is 120 Å². The molecule has 0 saturated heterocycles. The van der Waals surface area contributed by atoms with Crippen molar-refractivity contribution in [3.05, 3.63) is 35.6 Å². The van der Waals surface area contributed by atoms with Crippen molar-refractivity contribution in [2.24, 2.45) is 0 Å². The van der Waals surface area contributed by atoms with Crippen molar-refractivity contribution >= 4 is 26.5 Å². The summed E-state index contributed by atoms with van der Waals surface area (Å²) in [4.78, 5) is 0. The van der Waals surface area contributed by atoms with Crippen molar-refractivity contribution in [2.75, 3.05) is 12.8 Å². The first-order valence-corrected chi connectivity index (χ1v) is 7.91. The molecule has 1 unspecified atom stereocenters. The van der Waals surface area contributed by atoms with E-state index in [9.17, 15) is 12.8 Å². The Bertz CT molecular complexity index is 717.